The zero-order chi connectivity index (χ0) is 12.5. The number of rotatable bonds is 3. The Balaban J connectivity index is 2.38. The first-order valence-electron chi connectivity index (χ1n) is 6.29. The number of methoxy groups -OCH3 is 1. The molecule has 0 saturated heterocycles. The molecule has 4 nitrogen and oxygen atoms in total. The first kappa shape index (κ1) is 12.8. The number of nitrogens with zero attached hydrogens (tertiary/aromatic N) is 2. The number of ether oxygens (including phenoxy) is 1. The first-order chi connectivity index (χ1) is 8.06. The normalized spacial score (nSPS) is 18.5. The molecule has 1 aliphatic rings. The molecule has 0 amide bonds. The summed E-state index contributed by atoms with van der Waals surface area (Å²) in [7, 11) is 1.71. The second-order valence-corrected chi connectivity index (χ2v) is 5.62. The SMILES string of the molecule is COC(C)(C)c1n[nH]c(=S)n1C1CCCCC1. The molecule has 96 valence electrons. The molecule has 1 N–H and O–H groups in total. The quantitative estimate of drug-likeness (QED) is 0.842. The van der Waals surface area contributed by atoms with E-state index in [1.807, 2.05) is 13.8 Å². The molecular formula is C12H21N3OS. The van der Waals surface area contributed by atoms with E-state index in [-0.39, 0.29) is 0 Å². The van der Waals surface area contributed by atoms with Gasteiger partial charge in [0.1, 0.15) is 5.60 Å². The Bertz CT molecular complexity index is 429. The maximum atomic E-state index is 5.52. The van der Waals surface area contributed by atoms with Crippen LogP contribution in [0.4, 0.5) is 0 Å². The van der Waals surface area contributed by atoms with E-state index in [4.69, 9.17) is 17.0 Å². The topological polar surface area (TPSA) is 42.8 Å². The van der Waals surface area contributed by atoms with Crippen LogP contribution in [-0.2, 0) is 10.3 Å². The molecule has 17 heavy (non-hydrogen) atoms. The average molecular weight is 255 g/mol. The lowest BCUT2D eigenvalue weighted by molar-refractivity contribution is 0.00630. The third-order valence-electron chi connectivity index (χ3n) is 3.69. The molecule has 5 heteroatoms. The largest absolute Gasteiger partial charge is 0.371 e. The van der Waals surface area contributed by atoms with E-state index in [0.29, 0.717) is 6.04 Å². The fourth-order valence-electron chi connectivity index (χ4n) is 2.50. The van der Waals surface area contributed by atoms with Crippen molar-refractivity contribution in [3.8, 4) is 0 Å². The summed E-state index contributed by atoms with van der Waals surface area (Å²) in [5.41, 5.74) is -0.398. The molecule has 1 heterocycles. The van der Waals surface area contributed by atoms with Gasteiger partial charge >= 0.3 is 0 Å². The smallest absolute Gasteiger partial charge is 0.195 e. The van der Waals surface area contributed by atoms with Gasteiger partial charge in [-0.1, -0.05) is 19.3 Å². The molecule has 0 bridgehead atoms. The van der Waals surface area contributed by atoms with Gasteiger partial charge in [0.2, 0.25) is 0 Å². The number of aromatic nitrogens is 3. The third kappa shape index (κ3) is 2.45. The molecule has 0 radical (unpaired) electrons. The molecule has 0 aliphatic heterocycles. The van der Waals surface area contributed by atoms with Crippen LogP contribution >= 0.6 is 12.2 Å². The van der Waals surface area contributed by atoms with Crippen LogP contribution in [0.3, 0.4) is 0 Å². The zero-order valence-corrected chi connectivity index (χ0v) is 11.6. The van der Waals surface area contributed by atoms with E-state index in [1.54, 1.807) is 7.11 Å². The van der Waals surface area contributed by atoms with E-state index >= 15 is 0 Å². The van der Waals surface area contributed by atoms with E-state index in [2.05, 4.69) is 14.8 Å². The van der Waals surface area contributed by atoms with Gasteiger partial charge in [-0.3, -0.25) is 9.67 Å². The van der Waals surface area contributed by atoms with Crippen molar-refractivity contribution in [2.24, 2.45) is 0 Å². The summed E-state index contributed by atoms with van der Waals surface area (Å²) >= 11 is 5.36. The van der Waals surface area contributed by atoms with Gasteiger partial charge in [-0.2, -0.15) is 5.10 Å². The number of aromatic amines is 1. The zero-order valence-electron chi connectivity index (χ0n) is 10.8. The second kappa shape index (κ2) is 4.90. The van der Waals surface area contributed by atoms with Gasteiger partial charge in [0, 0.05) is 13.2 Å². The molecule has 1 aromatic heterocycles. The van der Waals surface area contributed by atoms with Crippen LogP contribution in [0.15, 0.2) is 0 Å². The fourth-order valence-corrected chi connectivity index (χ4v) is 2.78. The van der Waals surface area contributed by atoms with Crippen molar-refractivity contribution < 1.29 is 4.74 Å². The van der Waals surface area contributed by atoms with Gasteiger partial charge in [-0.05, 0) is 38.9 Å². The first-order valence-corrected chi connectivity index (χ1v) is 6.69. The molecule has 2 rings (SSSR count). The van der Waals surface area contributed by atoms with E-state index in [0.717, 1.165) is 10.6 Å². The summed E-state index contributed by atoms with van der Waals surface area (Å²) in [4.78, 5) is 0. The van der Waals surface area contributed by atoms with Gasteiger partial charge in [0.15, 0.2) is 10.6 Å². The Hall–Kier alpha value is -0.680. The summed E-state index contributed by atoms with van der Waals surface area (Å²) in [6, 6.07) is 0.486. The van der Waals surface area contributed by atoms with Crippen LogP contribution in [0.5, 0.6) is 0 Å². The minimum atomic E-state index is -0.398. The minimum absolute atomic E-state index is 0.398. The van der Waals surface area contributed by atoms with Gasteiger partial charge in [-0.25, -0.2) is 0 Å². The highest BCUT2D eigenvalue weighted by Gasteiger charge is 2.30. The van der Waals surface area contributed by atoms with Crippen molar-refractivity contribution in [1.82, 2.24) is 14.8 Å². The monoisotopic (exact) mass is 255 g/mol. The lowest BCUT2D eigenvalue weighted by Gasteiger charge is -2.29. The van der Waals surface area contributed by atoms with Crippen LogP contribution in [0.2, 0.25) is 0 Å². The molecule has 0 spiro atoms. The van der Waals surface area contributed by atoms with Crippen LogP contribution < -0.4 is 0 Å². The molecule has 0 atom stereocenters. The molecule has 0 aromatic carbocycles. The van der Waals surface area contributed by atoms with Crippen molar-refractivity contribution in [1.29, 1.82) is 0 Å². The van der Waals surface area contributed by atoms with Crippen molar-refractivity contribution >= 4 is 12.2 Å². The molecule has 1 fully saturated rings. The number of nitrogens with one attached hydrogen (secondary N) is 1. The summed E-state index contributed by atoms with van der Waals surface area (Å²) in [6.07, 6.45) is 6.29. The molecule has 1 saturated carbocycles. The van der Waals surface area contributed by atoms with Crippen LogP contribution in [0.25, 0.3) is 0 Å². The Kier molecular flexibility index (Phi) is 3.68. The number of hydrogen-bond donors (Lipinski definition) is 1. The van der Waals surface area contributed by atoms with Gasteiger partial charge in [0.25, 0.3) is 0 Å². The summed E-state index contributed by atoms with van der Waals surface area (Å²) in [5, 5.41) is 7.26. The van der Waals surface area contributed by atoms with Crippen molar-refractivity contribution in [3.63, 3.8) is 0 Å². The molecular weight excluding hydrogens is 234 g/mol. The van der Waals surface area contributed by atoms with Crippen molar-refractivity contribution in [2.75, 3.05) is 7.11 Å². The second-order valence-electron chi connectivity index (χ2n) is 5.23. The maximum absolute atomic E-state index is 5.52. The van der Waals surface area contributed by atoms with Crippen LogP contribution in [0, 0.1) is 4.77 Å². The Morgan fingerprint density at radius 1 is 1.35 bits per heavy atom. The standard InChI is InChI=1S/C12H21N3OS/c1-12(2,16-3)10-13-14-11(17)15(10)9-7-5-4-6-8-9/h9H,4-8H2,1-3H3,(H,14,17). The van der Waals surface area contributed by atoms with Crippen LogP contribution in [-0.4, -0.2) is 21.9 Å². The summed E-state index contributed by atoms with van der Waals surface area (Å²) in [5.74, 6) is 0.914. The van der Waals surface area contributed by atoms with E-state index in [9.17, 15) is 0 Å². The van der Waals surface area contributed by atoms with Crippen molar-refractivity contribution in [2.45, 2.75) is 57.6 Å². The van der Waals surface area contributed by atoms with Gasteiger partial charge < -0.3 is 4.74 Å². The minimum Gasteiger partial charge on any atom is -0.371 e. The average Bonchev–Trinajstić information content (AvgIpc) is 2.73. The highest BCUT2D eigenvalue weighted by molar-refractivity contribution is 7.71. The van der Waals surface area contributed by atoms with E-state index in [1.165, 1.54) is 32.1 Å². The number of H-pyrrole nitrogens is 1. The van der Waals surface area contributed by atoms with E-state index < -0.39 is 5.60 Å². The summed E-state index contributed by atoms with van der Waals surface area (Å²) in [6.45, 7) is 4.05. The highest BCUT2D eigenvalue weighted by atomic mass is 32.1. The predicted octanol–water partition coefficient (Wildman–Crippen LogP) is 3.33. The van der Waals surface area contributed by atoms with Gasteiger partial charge in [0.05, 0.1) is 0 Å². The predicted molar refractivity (Wildman–Crippen MR) is 69.6 cm³/mol. The lowest BCUT2D eigenvalue weighted by atomic mass is 9.94. The van der Waals surface area contributed by atoms with Crippen LogP contribution in [0.1, 0.15) is 57.8 Å². The number of hydrogen-bond acceptors (Lipinski definition) is 3. The Morgan fingerprint density at radius 2 is 2.00 bits per heavy atom. The van der Waals surface area contributed by atoms with Crippen molar-refractivity contribution in [3.05, 3.63) is 10.6 Å². The Labute approximate surface area is 107 Å². The third-order valence-corrected chi connectivity index (χ3v) is 3.98. The molecule has 0 unspecified atom stereocenters. The Morgan fingerprint density at radius 3 is 2.59 bits per heavy atom. The molecule has 1 aliphatic carbocycles. The van der Waals surface area contributed by atoms with Gasteiger partial charge in [-0.15, -0.1) is 0 Å². The lowest BCUT2D eigenvalue weighted by Crippen LogP contribution is -2.27. The molecule has 1 aromatic rings. The fraction of sp³-hybridized carbons (Fsp3) is 0.833. The highest BCUT2D eigenvalue weighted by Crippen LogP contribution is 2.32. The maximum Gasteiger partial charge on any atom is 0.195 e. The summed E-state index contributed by atoms with van der Waals surface area (Å²) < 4.78 is 8.40.